The van der Waals surface area contributed by atoms with Gasteiger partial charge in [-0.2, -0.15) is 4.98 Å². The van der Waals surface area contributed by atoms with E-state index in [1.807, 2.05) is 19.9 Å². The van der Waals surface area contributed by atoms with Gasteiger partial charge in [0.15, 0.2) is 0 Å². The van der Waals surface area contributed by atoms with Crippen LogP contribution in [-0.4, -0.2) is 20.9 Å². The minimum Gasteiger partial charge on any atom is -0.338 e. The first-order valence-corrected chi connectivity index (χ1v) is 6.80. The summed E-state index contributed by atoms with van der Waals surface area (Å²) in [7, 11) is 0. The van der Waals surface area contributed by atoms with Gasteiger partial charge in [0.05, 0.1) is 6.42 Å². The fourth-order valence-corrected chi connectivity index (χ4v) is 1.87. The summed E-state index contributed by atoms with van der Waals surface area (Å²) >= 11 is 3.31. The SMILES string of the molecule is CC(C)CC(=O)Cc1nc(-c2ccc(Br)cn2)no1. The van der Waals surface area contributed by atoms with Gasteiger partial charge < -0.3 is 4.52 Å². The zero-order valence-corrected chi connectivity index (χ0v) is 12.3. The smallest absolute Gasteiger partial charge is 0.234 e. The molecule has 5 nitrogen and oxygen atoms in total. The molecule has 2 heterocycles. The molecule has 0 aliphatic carbocycles. The molecule has 2 aromatic heterocycles. The van der Waals surface area contributed by atoms with Crippen LogP contribution in [0.4, 0.5) is 0 Å². The number of halogens is 1. The molecule has 19 heavy (non-hydrogen) atoms. The molecule has 0 N–H and O–H groups in total. The van der Waals surface area contributed by atoms with Crippen LogP contribution >= 0.6 is 15.9 Å². The Morgan fingerprint density at radius 3 is 2.84 bits per heavy atom. The van der Waals surface area contributed by atoms with Crippen LogP contribution in [0.1, 0.15) is 26.2 Å². The molecule has 2 rings (SSSR count). The van der Waals surface area contributed by atoms with E-state index >= 15 is 0 Å². The number of hydrogen-bond acceptors (Lipinski definition) is 5. The largest absolute Gasteiger partial charge is 0.338 e. The maximum atomic E-state index is 11.7. The lowest BCUT2D eigenvalue weighted by Gasteiger charge is -2.00. The van der Waals surface area contributed by atoms with Crippen LogP contribution in [0.2, 0.25) is 0 Å². The van der Waals surface area contributed by atoms with Gasteiger partial charge in [-0.25, -0.2) is 0 Å². The van der Waals surface area contributed by atoms with Crippen molar-refractivity contribution in [2.24, 2.45) is 5.92 Å². The number of ketones is 1. The van der Waals surface area contributed by atoms with E-state index in [-0.39, 0.29) is 12.2 Å². The van der Waals surface area contributed by atoms with Gasteiger partial charge in [0.1, 0.15) is 11.5 Å². The van der Waals surface area contributed by atoms with Crippen LogP contribution in [0.5, 0.6) is 0 Å². The van der Waals surface area contributed by atoms with Crippen molar-refractivity contribution in [2.45, 2.75) is 26.7 Å². The van der Waals surface area contributed by atoms with Crippen molar-refractivity contribution in [1.82, 2.24) is 15.1 Å². The molecule has 0 radical (unpaired) electrons. The lowest BCUT2D eigenvalue weighted by Crippen LogP contribution is -2.06. The van der Waals surface area contributed by atoms with E-state index in [9.17, 15) is 4.79 Å². The Bertz CT molecular complexity index is 564. The Labute approximate surface area is 119 Å². The molecule has 0 bridgehead atoms. The van der Waals surface area contributed by atoms with E-state index in [2.05, 4.69) is 31.1 Å². The van der Waals surface area contributed by atoms with Gasteiger partial charge in [-0.3, -0.25) is 9.78 Å². The Hall–Kier alpha value is -1.56. The van der Waals surface area contributed by atoms with E-state index in [0.717, 1.165) is 4.47 Å². The molecule has 0 spiro atoms. The second-order valence-electron chi connectivity index (χ2n) is 4.69. The van der Waals surface area contributed by atoms with Crippen molar-refractivity contribution in [3.63, 3.8) is 0 Å². The summed E-state index contributed by atoms with van der Waals surface area (Å²) in [6.07, 6.45) is 2.37. The zero-order valence-electron chi connectivity index (χ0n) is 10.8. The molecule has 2 aromatic rings. The zero-order chi connectivity index (χ0) is 13.8. The highest BCUT2D eigenvalue weighted by Crippen LogP contribution is 2.16. The van der Waals surface area contributed by atoms with Crippen LogP contribution in [0.25, 0.3) is 11.5 Å². The van der Waals surface area contributed by atoms with Gasteiger partial charge in [0.25, 0.3) is 0 Å². The molecule has 0 saturated carbocycles. The van der Waals surface area contributed by atoms with Crippen molar-refractivity contribution in [1.29, 1.82) is 0 Å². The van der Waals surface area contributed by atoms with Gasteiger partial charge in [0.2, 0.25) is 11.7 Å². The van der Waals surface area contributed by atoms with Gasteiger partial charge in [-0.15, -0.1) is 0 Å². The Kier molecular flexibility index (Phi) is 4.42. The van der Waals surface area contributed by atoms with Crippen LogP contribution in [0, 0.1) is 5.92 Å². The summed E-state index contributed by atoms with van der Waals surface area (Å²) < 4.78 is 5.95. The van der Waals surface area contributed by atoms with E-state index in [0.29, 0.717) is 29.7 Å². The maximum Gasteiger partial charge on any atom is 0.234 e. The number of rotatable bonds is 5. The highest BCUT2D eigenvalue weighted by atomic mass is 79.9. The summed E-state index contributed by atoms with van der Waals surface area (Å²) in [4.78, 5) is 20.0. The first-order valence-electron chi connectivity index (χ1n) is 6.01. The first-order chi connectivity index (χ1) is 9.04. The van der Waals surface area contributed by atoms with Crippen molar-refractivity contribution < 1.29 is 9.32 Å². The topological polar surface area (TPSA) is 68.9 Å². The molecule has 0 saturated heterocycles. The standard InChI is InChI=1S/C13H14BrN3O2/c1-8(2)5-10(18)6-12-16-13(17-19-12)11-4-3-9(14)7-15-11/h3-4,7-8H,5-6H2,1-2H3. The van der Waals surface area contributed by atoms with Gasteiger partial charge in [0, 0.05) is 17.1 Å². The second-order valence-corrected chi connectivity index (χ2v) is 5.60. The normalized spacial score (nSPS) is 10.9. The number of pyridine rings is 1. The molecule has 0 amide bonds. The van der Waals surface area contributed by atoms with Crippen LogP contribution in [-0.2, 0) is 11.2 Å². The van der Waals surface area contributed by atoms with E-state index in [1.165, 1.54) is 0 Å². The average Bonchev–Trinajstić information content (AvgIpc) is 2.77. The number of Topliss-reactive ketones (excluding diaryl/α,β-unsaturated/α-hetero) is 1. The third-order valence-corrected chi connectivity index (χ3v) is 2.88. The van der Waals surface area contributed by atoms with E-state index < -0.39 is 0 Å². The van der Waals surface area contributed by atoms with Crippen molar-refractivity contribution in [2.75, 3.05) is 0 Å². The number of carbonyl (C=O) groups is 1. The molecular weight excluding hydrogens is 310 g/mol. The number of nitrogens with zero attached hydrogens (tertiary/aromatic N) is 3. The second kappa shape index (κ2) is 6.06. The highest BCUT2D eigenvalue weighted by Gasteiger charge is 2.14. The average molecular weight is 324 g/mol. The summed E-state index contributed by atoms with van der Waals surface area (Å²) in [6.45, 7) is 4.01. The van der Waals surface area contributed by atoms with Gasteiger partial charge >= 0.3 is 0 Å². The predicted octanol–water partition coefficient (Wildman–Crippen LogP) is 3.05. The van der Waals surface area contributed by atoms with E-state index in [4.69, 9.17) is 4.52 Å². The highest BCUT2D eigenvalue weighted by molar-refractivity contribution is 9.10. The molecular formula is C13H14BrN3O2. The summed E-state index contributed by atoms with van der Waals surface area (Å²) in [6, 6.07) is 3.64. The molecule has 0 aliphatic heterocycles. The summed E-state index contributed by atoms with van der Waals surface area (Å²) in [5, 5.41) is 3.83. The minimum atomic E-state index is 0.106. The molecule has 0 aromatic carbocycles. The fraction of sp³-hybridized carbons (Fsp3) is 0.385. The molecule has 0 atom stereocenters. The minimum absolute atomic E-state index is 0.106. The third-order valence-electron chi connectivity index (χ3n) is 2.41. The number of hydrogen-bond donors (Lipinski definition) is 0. The Morgan fingerprint density at radius 2 is 2.21 bits per heavy atom. The Balaban J connectivity index is 2.07. The maximum absolute atomic E-state index is 11.7. The Morgan fingerprint density at radius 1 is 1.42 bits per heavy atom. The van der Waals surface area contributed by atoms with Crippen LogP contribution in [0.3, 0.4) is 0 Å². The summed E-state index contributed by atoms with van der Waals surface area (Å²) in [5.74, 6) is 1.18. The van der Waals surface area contributed by atoms with Crippen LogP contribution in [0.15, 0.2) is 27.3 Å². The van der Waals surface area contributed by atoms with Crippen molar-refractivity contribution >= 4 is 21.7 Å². The van der Waals surface area contributed by atoms with Crippen LogP contribution < -0.4 is 0 Å². The van der Waals surface area contributed by atoms with Crippen molar-refractivity contribution in [3.8, 4) is 11.5 Å². The lowest BCUT2D eigenvalue weighted by molar-refractivity contribution is -0.119. The quantitative estimate of drug-likeness (QED) is 0.845. The monoisotopic (exact) mass is 323 g/mol. The third kappa shape index (κ3) is 3.96. The molecule has 6 heteroatoms. The first kappa shape index (κ1) is 13.9. The fourth-order valence-electron chi connectivity index (χ4n) is 1.63. The molecule has 0 unspecified atom stereocenters. The van der Waals surface area contributed by atoms with E-state index in [1.54, 1.807) is 12.3 Å². The molecule has 0 aliphatic rings. The number of carbonyl (C=O) groups excluding carboxylic acids is 1. The van der Waals surface area contributed by atoms with Gasteiger partial charge in [-0.05, 0) is 34.0 Å². The predicted molar refractivity (Wildman–Crippen MR) is 73.4 cm³/mol. The summed E-state index contributed by atoms with van der Waals surface area (Å²) in [5.41, 5.74) is 0.620. The lowest BCUT2D eigenvalue weighted by atomic mass is 10.1. The molecule has 0 fully saturated rings. The molecule has 100 valence electrons. The van der Waals surface area contributed by atoms with Gasteiger partial charge in [-0.1, -0.05) is 19.0 Å². The number of aromatic nitrogens is 3. The van der Waals surface area contributed by atoms with Crippen molar-refractivity contribution in [3.05, 3.63) is 28.7 Å².